The summed E-state index contributed by atoms with van der Waals surface area (Å²) in [7, 11) is 0. The maximum absolute atomic E-state index is 12.4. The van der Waals surface area contributed by atoms with E-state index in [0.29, 0.717) is 0 Å². The third-order valence-corrected chi connectivity index (χ3v) is 4.46. The van der Waals surface area contributed by atoms with Gasteiger partial charge in [-0.05, 0) is 45.4 Å². The molecule has 0 aromatic rings. The van der Waals surface area contributed by atoms with Crippen LogP contribution in [0.4, 0.5) is 0 Å². The lowest BCUT2D eigenvalue weighted by Gasteiger charge is -2.17. The zero-order chi connectivity index (χ0) is 16.4. The van der Waals surface area contributed by atoms with Gasteiger partial charge in [0.15, 0.2) is 0 Å². The molecule has 1 saturated carbocycles. The van der Waals surface area contributed by atoms with Crippen LogP contribution in [0, 0.1) is 17.3 Å². The number of nitrogens with one attached hydrogen (secondary N) is 2. The average molecular weight is 294 g/mol. The van der Waals surface area contributed by atoms with Gasteiger partial charge in [0.2, 0.25) is 11.8 Å². The summed E-state index contributed by atoms with van der Waals surface area (Å²) in [5.41, 5.74) is 1.21. The summed E-state index contributed by atoms with van der Waals surface area (Å²) in [6.45, 7) is 14.0. The van der Waals surface area contributed by atoms with Gasteiger partial charge in [-0.15, -0.1) is 0 Å². The van der Waals surface area contributed by atoms with E-state index >= 15 is 0 Å². The maximum Gasteiger partial charge on any atom is 0.242 e. The second-order valence-corrected chi connectivity index (χ2v) is 7.12. The Morgan fingerprint density at radius 1 is 1.19 bits per heavy atom. The first kappa shape index (κ1) is 17.7. The SMILES string of the molecule is CC[C@H](C)NC(=O)[C@H](C)NC(=O)[C@H]1[C@H](C=C(C)C)C1(C)C. The minimum absolute atomic E-state index is 0.0192. The standard InChI is InChI=1S/C17H30N2O2/c1-8-11(4)18-15(20)12(5)19-16(21)14-13(9-10(2)3)17(14,6)7/h9,11-14H,8H2,1-7H3,(H,18,20)(H,19,21)/t11-,12-,13-,14+/m0/s1. The van der Waals surface area contributed by atoms with Crippen LogP contribution in [0.15, 0.2) is 11.6 Å². The number of amides is 2. The molecule has 0 heterocycles. The van der Waals surface area contributed by atoms with Crippen molar-refractivity contribution in [1.29, 1.82) is 0 Å². The largest absolute Gasteiger partial charge is 0.352 e. The number of carbonyl (C=O) groups excluding carboxylic acids is 2. The van der Waals surface area contributed by atoms with Gasteiger partial charge in [0.05, 0.1) is 5.92 Å². The lowest BCUT2D eigenvalue weighted by Crippen LogP contribution is -2.48. The molecule has 1 fully saturated rings. The monoisotopic (exact) mass is 294 g/mol. The fourth-order valence-electron chi connectivity index (χ4n) is 2.69. The number of hydrogen-bond donors (Lipinski definition) is 2. The summed E-state index contributed by atoms with van der Waals surface area (Å²) in [6, 6.07) is -0.358. The van der Waals surface area contributed by atoms with Crippen LogP contribution in [-0.2, 0) is 9.59 Å². The number of rotatable bonds is 6. The van der Waals surface area contributed by atoms with Crippen molar-refractivity contribution < 1.29 is 9.59 Å². The van der Waals surface area contributed by atoms with E-state index in [1.54, 1.807) is 6.92 Å². The van der Waals surface area contributed by atoms with Crippen molar-refractivity contribution in [2.45, 2.75) is 67.0 Å². The molecule has 0 radical (unpaired) electrons. The molecule has 0 spiro atoms. The van der Waals surface area contributed by atoms with Crippen LogP contribution < -0.4 is 10.6 Å². The van der Waals surface area contributed by atoms with E-state index in [9.17, 15) is 9.59 Å². The highest BCUT2D eigenvalue weighted by Gasteiger charge is 2.60. The summed E-state index contributed by atoms with van der Waals surface area (Å²) in [6.07, 6.45) is 3.04. The minimum atomic E-state index is -0.491. The van der Waals surface area contributed by atoms with E-state index in [0.717, 1.165) is 6.42 Å². The van der Waals surface area contributed by atoms with Crippen molar-refractivity contribution in [1.82, 2.24) is 10.6 Å². The molecule has 1 aliphatic carbocycles. The molecule has 0 saturated heterocycles. The van der Waals surface area contributed by atoms with Crippen molar-refractivity contribution in [3.63, 3.8) is 0 Å². The van der Waals surface area contributed by atoms with Crippen LogP contribution in [0.3, 0.4) is 0 Å². The van der Waals surface area contributed by atoms with Crippen LogP contribution in [0.1, 0.15) is 54.9 Å². The highest BCUT2D eigenvalue weighted by atomic mass is 16.2. The highest BCUT2D eigenvalue weighted by Crippen LogP contribution is 2.59. The lowest BCUT2D eigenvalue weighted by atomic mass is 10.1. The van der Waals surface area contributed by atoms with Crippen LogP contribution in [0.2, 0.25) is 0 Å². The Balaban J connectivity index is 2.58. The normalized spacial score (nSPS) is 25.5. The Labute approximate surface area is 128 Å². The van der Waals surface area contributed by atoms with Gasteiger partial charge < -0.3 is 10.6 Å². The molecule has 0 unspecified atom stereocenters. The van der Waals surface area contributed by atoms with Gasteiger partial charge in [0, 0.05) is 6.04 Å². The molecule has 4 heteroatoms. The molecule has 0 aromatic heterocycles. The van der Waals surface area contributed by atoms with E-state index in [4.69, 9.17) is 0 Å². The summed E-state index contributed by atoms with van der Waals surface area (Å²) in [5.74, 6) is 0.0998. The Kier molecular flexibility index (Phi) is 5.60. The van der Waals surface area contributed by atoms with Crippen molar-refractivity contribution >= 4 is 11.8 Å². The van der Waals surface area contributed by atoms with Gasteiger partial charge in [-0.25, -0.2) is 0 Å². The van der Waals surface area contributed by atoms with Gasteiger partial charge in [-0.3, -0.25) is 9.59 Å². The van der Waals surface area contributed by atoms with Crippen molar-refractivity contribution in [2.24, 2.45) is 17.3 Å². The fourth-order valence-corrected chi connectivity index (χ4v) is 2.69. The summed E-state index contributed by atoms with van der Waals surface area (Å²) in [4.78, 5) is 24.3. The zero-order valence-electron chi connectivity index (χ0n) is 14.4. The van der Waals surface area contributed by atoms with Gasteiger partial charge in [0.1, 0.15) is 6.04 Å². The van der Waals surface area contributed by atoms with Crippen molar-refractivity contribution in [2.75, 3.05) is 0 Å². The van der Waals surface area contributed by atoms with E-state index in [2.05, 4.69) is 30.6 Å². The molecule has 0 aliphatic heterocycles. The van der Waals surface area contributed by atoms with Gasteiger partial charge in [0.25, 0.3) is 0 Å². The first-order valence-electron chi connectivity index (χ1n) is 7.87. The predicted molar refractivity (Wildman–Crippen MR) is 85.7 cm³/mol. The van der Waals surface area contributed by atoms with Crippen molar-refractivity contribution in [3.8, 4) is 0 Å². The molecule has 4 atom stereocenters. The quantitative estimate of drug-likeness (QED) is 0.740. The van der Waals surface area contributed by atoms with Crippen LogP contribution in [0.25, 0.3) is 0 Å². The number of allylic oxidation sites excluding steroid dienone is 2. The lowest BCUT2D eigenvalue weighted by molar-refractivity contribution is -0.130. The molecule has 120 valence electrons. The molecule has 1 rings (SSSR count). The first-order chi connectivity index (χ1) is 9.61. The van der Waals surface area contributed by atoms with E-state index < -0.39 is 6.04 Å². The summed E-state index contributed by atoms with van der Waals surface area (Å²) in [5, 5.41) is 5.74. The summed E-state index contributed by atoms with van der Waals surface area (Å²) < 4.78 is 0. The van der Waals surface area contributed by atoms with Gasteiger partial charge >= 0.3 is 0 Å². The first-order valence-corrected chi connectivity index (χ1v) is 7.87. The van der Waals surface area contributed by atoms with Crippen molar-refractivity contribution in [3.05, 3.63) is 11.6 Å². The zero-order valence-corrected chi connectivity index (χ0v) is 14.4. The Hall–Kier alpha value is -1.32. The maximum atomic E-state index is 12.4. The Morgan fingerprint density at radius 3 is 2.24 bits per heavy atom. The molecule has 2 amide bonds. The van der Waals surface area contributed by atoms with Crippen LogP contribution in [0.5, 0.6) is 0 Å². The smallest absolute Gasteiger partial charge is 0.242 e. The number of carbonyl (C=O) groups is 2. The second-order valence-electron chi connectivity index (χ2n) is 7.12. The molecular weight excluding hydrogens is 264 g/mol. The highest BCUT2D eigenvalue weighted by molar-refractivity contribution is 5.90. The van der Waals surface area contributed by atoms with Gasteiger partial charge in [-0.2, -0.15) is 0 Å². The topological polar surface area (TPSA) is 58.2 Å². The molecule has 0 bridgehead atoms. The molecule has 21 heavy (non-hydrogen) atoms. The van der Waals surface area contributed by atoms with Gasteiger partial charge in [-0.1, -0.05) is 32.4 Å². The Morgan fingerprint density at radius 2 is 1.76 bits per heavy atom. The van der Waals surface area contributed by atoms with E-state index in [1.807, 2.05) is 27.7 Å². The van der Waals surface area contributed by atoms with E-state index in [-0.39, 0.29) is 35.1 Å². The van der Waals surface area contributed by atoms with E-state index in [1.165, 1.54) is 5.57 Å². The Bertz CT molecular complexity index is 436. The summed E-state index contributed by atoms with van der Waals surface area (Å²) >= 11 is 0. The third kappa shape index (κ3) is 4.32. The number of hydrogen-bond acceptors (Lipinski definition) is 2. The minimum Gasteiger partial charge on any atom is -0.352 e. The molecule has 2 N–H and O–H groups in total. The molecule has 4 nitrogen and oxygen atoms in total. The second kappa shape index (κ2) is 6.63. The van der Waals surface area contributed by atoms with Crippen LogP contribution in [-0.4, -0.2) is 23.9 Å². The molecule has 0 aromatic carbocycles. The third-order valence-electron chi connectivity index (χ3n) is 4.46. The average Bonchev–Trinajstić information content (AvgIpc) is 2.89. The predicted octanol–water partition coefficient (Wildman–Crippen LogP) is 2.64. The fraction of sp³-hybridized carbons (Fsp3) is 0.765. The molecule has 1 aliphatic rings. The molecular formula is C17H30N2O2. The van der Waals surface area contributed by atoms with Crippen LogP contribution >= 0.6 is 0 Å².